The van der Waals surface area contributed by atoms with E-state index in [2.05, 4.69) is 52.2 Å². The predicted octanol–water partition coefficient (Wildman–Crippen LogP) is -0.0432. The van der Waals surface area contributed by atoms with Gasteiger partial charge in [0, 0.05) is 48.3 Å². The van der Waals surface area contributed by atoms with Gasteiger partial charge in [0.25, 0.3) is 0 Å². The van der Waals surface area contributed by atoms with Crippen LogP contribution in [0.2, 0.25) is 0 Å². The Bertz CT molecular complexity index is 2950. The summed E-state index contributed by atoms with van der Waals surface area (Å²) in [6.07, 6.45) is 5.04. The number of para-hydroxylation sites is 1. The third-order valence-corrected chi connectivity index (χ3v) is 13.6. The third-order valence-electron chi connectivity index (χ3n) is 13.6. The van der Waals surface area contributed by atoms with Crippen molar-refractivity contribution >= 4 is 69.9 Å². The van der Waals surface area contributed by atoms with E-state index in [4.69, 9.17) is 22.9 Å². The number of aromatic amines is 2. The van der Waals surface area contributed by atoms with E-state index < -0.39 is 125 Å². The van der Waals surface area contributed by atoms with Crippen LogP contribution in [0.4, 0.5) is 0 Å². The molecule has 434 valence electrons. The van der Waals surface area contributed by atoms with Crippen molar-refractivity contribution in [2.24, 2.45) is 28.9 Å². The van der Waals surface area contributed by atoms with Crippen LogP contribution < -0.4 is 60.2 Å². The number of unbranched alkanes of at least 4 members (excludes halogenated alkanes) is 1. The summed E-state index contributed by atoms with van der Waals surface area (Å²) in [7, 11) is 0. The minimum absolute atomic E-state index is 0.0825. The third kappa shape index (κ3) is 18.7. The number of aromatic nitrogens is 3. The standard InChI is InChI=1S/C57H76N14O10/c1-6-7-21-40(50(61)74)66-55(79)42(26-35-18-12-9-13-19-35)69-57(81)48(46(49(73)32(4)58)44-29-62-30-64-44)71-56(80)47(31(2)3)70-51(75)33(5)65-54(78)43(27-36-28-63-39-22-15-14-20-37(36)39)68-53(77)41(23-24-45(60)72)67-52(76)38(59)25-34-16-10-8-11-17-34/h8-20,22,28-33,38,40-43,46-48,63H,6-7,21,23-27,58-59H2,1-5H3,(H2,60,72)(H2,61,74)(H,62,64)(H,65,78)(H,66,79)(H,67,76)(H,68,77)(H,69,81)(H,70,75)(H,71,80)/t32-,33-,38+,40-,41-,42-,43-,46?,47-,48-/m0/s1. The second kappa shape index (κ2) is 30.6. The van der Waals surface area contributed by atoms with Crippen molar-refractivity contribution < 1.29 is 47.9 Å². The molecule has 0 bridgehead atoms. The van der Waals surface area contributed by atoms with E-state index in [0.29, 0.717) is 24.0 Å². The Morgan fingerprint density at radius 3 is 1.69 bits per heavy atom. The normalized spacial score (nSPS) is 15.0. The number of amides is 9. The highest BCUT2D eigenvalue weighted by molar-refractivity contribution is 6.02. The molecule has 2 aromatic heterocycles. The largest absolute Gasteiger partial charge is 0.370 e. The second-order valence-corrected chi connectivity index (χ2v) is 20.5. The molecule has 0 saturated carbocycles. The van der Waals surface area contributed by atoms with E-state index in [-0.39, 0.29) is 44.2 Å². The molecule has 5 rings (SSSR count). The zero-order chi connectivity index (χ0) is 59.3. The van der Waals surface area contributed by atoms with Crippen LogP contribution in [0.5, 0.6) is 0 Å². The molecule has 0 aliphatic carbocycles. The van der Waals surface area contributed by atoms with Gasteiger partial charge in [0.15, 0.2) is 5.78 Å². The maximum Gasteiger partial charge on any atom is 0.244 e. The lowest BCUT2D eigenvalue weighted by atomic mass is 9.87. The van der Waals surface area contributed by atoms with Gasteiger partial charge in [-0.15, -0.1) is 0 Å². The molecule has 10 atom stereocenters. The van der Waals surface area contributed by atoms with Crippen LogP contribution in [0.3, 0.4) is 0 Å². The molecule has 24 nitrogen and oxygen atoms in total. The van der Waals surface area contributed by atoms with Crippen LogP contribution >= 0.6 is 0 Å². The topological polar surface area (TPSA) is 403 Å². The first-order valence-corrected chi connectivity index (χ1v) is 26.9. The number of carbonyl (C=O) groups is 10. The highest BCUT2D eigenvalue weighted by Gasteiger charge is 2.42. The van der Waals surface area contributed by atoms with Gasteiger partial charge in [0.1, 0.15) is 42.3 Å². The van der Waals surface area contributed by atoms with Gasteiger partial charge in [-0.05, 0) is 61.8 Å². The van der Waals surface area contributed by atoms with Crippen LogP contribution in [0.25, 0.3) is 10.9 Å². The zero-order valence-electron chi connectivity index (χ0n) is 46.2. The first-order chi connectivity index (χ1) is 38.6. The number of fused-ring (bicyclic) bond motifs is 1. The maximum absolute atomic E-state index is 14.8. The smallest absolute Gasteiger partial charge is 0.244 e. The lowest BCUT2D eigenvalue weighted by Crippen LogP contribution is -2.62. The first kappa shape index (κ1) is 63.1. The number of H-pyrrole nitrogens is 2. The number of nitrogens with zero attached hydrogens (tertiary/aromatic N) is 1. The van der Waals surface area contributed by atoms with E-state index in [1.54, 1.807) is 86.8 Å². The minimum Gasteiger partial charge on any atom is -0.370 e. The quantitative estimate of drug-likeness (QED) is 0.0269. The number of primary amides is 2. The van der Waals surface area contributed by atoms with E-state index in [1.807, 2.05) is 25.1 Å². The van der Waals surface area contributed by atoms with Crippen molar-refractivity contribution in [2.75, 3.05) is 0 Å². The summed E-state index contributed by atoms with van der Waals surface area (Å²) in [6, 6.07) is 12.7. The Balaban J connectivity index is 1.41. The fourth-order valence-electron chi connectivity index (χ4n) is 9.04. The molecule has 0 fully saturated rings. The highest BCUT2D eigenvalue weighted by Crippen LogP contribution is 2.23. The molecule has 2 heterocycles. The summed E-state index contributed by atoms with van der Waals surface area (Å²) in [5.41, 5.74) is 26.3. The van der Waals surface area contributed by atoms with Crippen LogP contribution in [0, 0.1) is 5.92 Å². The predicted molar refractivity (Wildman–Crippen MR) is 301 cm³/mol. The average molecular weight is 1120 g/mol. The Hall–Kier alpha value is -8.77. The first-order valence-electron chi connectivity index (χ1n) is 26.9. The van der Waals surface area contributed by atoms with E-state index in [9.17, 15) is 47.9 Å². The summed E-state index contributed by atoms with van der Waals surface area (Å²) in [5.74, 6) is -10.5. The van der Waals surface area contributed by atoms with Crippen molar-refractivity contribution in [2.45, 2.75) is 146 Å². The van der Waals surface area contributed by atoms with Gasteiger partial charge in [-0.2, -0.15) is 0 Å². The Morgan fingerprint density at radius 2 is 1.10 bits per heavy atom. The number of carbonyl (C=O) groups excluding carboxylic acids is 10. The number of hydrogen-bond donors (Lipinski definition) is 13. The highest BCUT2D eigenvalue weighted by atomic mass is 16.2. The Labute approximate surface area is 469 Å². The fraction of sp³-hybridized carbons (Fsp3) is 0.421. The summed E-state index contributed by atoms with van der Waals surface area (Å²) < 4.78 is 0. The molecule has 3 aromatic carbocycles. The number of rotatable bonds is 32. The minimum atomic E-state index is -1.81. The molecule has 0 saturated heterocycles. The molecular weight excluding hydrogens is 1040 g/mol. The van der Waals surface area contributed by atoms with Gasteiger partial charge in [-0.1, -0.05) is 112 Å². The lowest BCUT2D eigenvalue weighted by molar-refractivity contribution is -0.137. The number of Topliss-reactive ketones (excluding diaryl/α,β-unsaturated/α-hetero) is 1. The molecule has 81 heavy (non-hydrogen) atoms. The van der Waals surface area contributed by atoms with Crippen molar-refractivity contribution in [3.8, 4) is 0 Å². The van der Waals surface area contributed by atoms with Gasteiger partial charge in [-0.25, -0.2) is 4.98 Å². The monoisotopic (exact) mass is 1120 g/mol. The maximum atomic E-state index is 14.8. The van der Waals surface area contributed by atoms with Crippen molar-refractivity contribution in [1.82, 2.24) is 52.2 Å². The number of benzene rings is 3. The Morgan fingerprint density at radius 1 is 0.556 bits per heavy atom. The van der Waals surface area contributed by atoms with Crippen LogP contribution in [0.15, 0.2) is 104 Å². The Kier molecular flexibility index (Phi) is 23.8. The second-order valence-electron chi connectivity index (χ2n) is 20.5. The molecular formula is C57H76N14O10. The molecule has 5 aromatic rings. The number of ketones is 1. The molecule has 24 heteroatoms. The molecule has 0 spiro atoms. The number of nitrogens with one attached hydrogen (secondary N) is 9. The SMILES string of the molecule is CCCC[C@H](NC(=O)[C@H](Cc1ccccc1)NC(=O)[C@@H](NC(=O)[C@@H](NC(=O)[C@H](C)NC(=O)[C@H](Cc1c[nH]c2ccccc12)NC(=O)[C@H](CCC(N)=O)NC(=O)[C@H](N)Cc1ccccc1)C(C)C)C(C(=O)[C@H](C)N)c1cnc[nH]1)C(N)=O. The van der Waals surface area contributed by atoms with Crippen LogP contribution in [0.1, 0.15) is 95.0 Å². The van der Waals surface area contributed by atoms with Crippen LogP contribution in [-0.2, 0) is 67.2 Å². The van der Waals surface area contributed by atoms with Crippen molar-refractivity contribution in [3.63, 3.8) is 0 Å². The van der Waals surface area contributed by atoms with E-state index in [1.165, 1.54) is 26.4 Å². The molecule has 0 aliphatic heterocycles. The van der Waals surface area contributed by atoms with Gasteiger partial charge in [0.2, 0.25) is 53.2 Å². The van der Waals surface area contributed by atoms with Gasteiger partial charge >= 0.3 is 0 Å². The molecule has 0 radical (unpaired) electrons. The van der Waals surface area contributed by atoms with Crippen molar-refractivity contribution in [3.05, 3.63) is 126 Å². The van der Waals surface area contributed by atoms with Crippen molar-refractivity contribution in [1.29, 1.82) is 0 Å². The van der Waals surface area contributed by atoms with Gasteiger partial charge in [0.05, 0.1) is 24.3 Å². The average Bonchev–Trinajstić information content (AvgIpc) is 4.16. The molecule has 1 unspecified atom stereocenters. The fourth-order valence-corrected chi connectivity index (χ4v) is 9.04. The molecule has 0 aliphatic rings. The van der Waals surface area contributed by atoms with Gasteiger partial charge < -0.3 is 70.1 Å². The van der Waals surface area contributed by atoms with Gasteiger partial charge in [-0.3, -0.25) is 47.9 Å². The zero-order valence-corrected chi connectivity index (χ0v) is 46.2. The number of imidazole rings is 1. The molecule has 17 N–H and O–H groups in total. The van der Waals surface area contributed by atoms with E-state index >= 15 is 0 Å². The summed E-state index contributed by atoms with van der Waals surface area (Å²) in [5, 5.41) is 19.3. The molecule has 9 amide bonds. The summed E-state index contributed by atoms with van der Waals surface area (Å²) in [4.78, 5) is 148. The summed E-state index contributed by atoms with van der Waals surface area (Å²) >= 11 is 0. The number of nitrogens with two attached hydrogens (primary N) is 4. The summed E-state index contributed by atoms with van der Waals surface area (Å²) in [6.45, 7) is 7.84. The lowest BCUT2D eigenvalue weighted by Gasteiger charge is -2.31. The van der Waals surface area contributed by atoms with Crippen LogP contribution in [-0.4, -0.2) is 128 Å². The number of hydrogen-bond acceptors (Lipinski definition) is 13. The van der Waals surface area contributed by atoms with E-state index in [0.717, 1.165) is 16.5 Å².